The molecule has 1 heterocycles. The molecule has 3 N–H and O–H groups in total. The van der Waals surface area contributed by atoms with E-state index < -0.39 is 0 Å². The Morgan fingerprint density at radius 1 is 1.10 bits per heavy atom. The lowest BCUT2D eigenvalue weighted by atomic mass is 10.1. The predicted molar refractivity (Wildman–Crippen MR) is 77.0 cm³/mol. The monoisotopic (exact) mass is 268 g/mol. The zero-order valence-corrected chi connectivity index (χ0v) is 11.1. The van der Waals surface area contributed by atoms with Gasteiger partial charge in [0.2, 0.25) is 0 Å². The number of fused-ring (bicyclic) bond motifs is 1. The number of rotatable bonds is 3. The molecule has 1 aliphatic heterocycles. The highest BCUT2D eigenvalue weighted by molar-refractivity contribution is 5.94. The normalized spacial score (nSPS) is 13.0. The zero-order valence-electron chi connectivity index (χ0n) is 11.1. The van der Waals surface area contributed by atoms with Crippen LogP contribution in [0.5, 0.6) is 0 Å². The smallest absolute Gasteiger partial charge is 0.251 e. The molecule has 102 valence electrons. The number of ether oxygens (including phenoxy) is 1. The molecule has 0 aromatic heterocycles. The van der Waals surface area contributed by atoms with E-state index in [0.29, 0.717) is 25.3 Å². The Kier molecular flexibility index (Phi) is 3.39. The summed E-state index contributed by atoms with van der Waals surface area (Å²) in [5.74, 6) is -0.0727. The van der Waals surface area contributed by atoms with Crippen molar-refractivity contribution in [3.8, 4) is 0 Å². The van der Waals surface area contributed by atoms with Gasteiger partial charge in [0, 0.05) is 17.8 Å². The van der Waals surface area contributed by atoms with Crippen molar-refractivity contribution in [3.05, 3.63) is 64.7 Å². The fraction of sp³-hybridized carbons (Fsp3) is 0.188. The van der Waals surface area contributed by atoms with Crippen molar-refractivity contribution in [2.24, 2.45) is 0 Å². The standard InChI is InChI=1S/C16H16N2O2/c17-15-5-1-11(2-6-15)8-18-16(19)12-3-4-13-9-20-10-14(13)7-12/h1-7H,8-10,17H2,(H,18,19). The molecular formula is C16H16N2O2. The van der Waals surface area contributed by atoms with Crippen molar-refractivity contribution in [1.29, 1.82) is 0 Å². The summed E-state index contributed by atoms with van der Waals surface area (Å²) >= 11 is 0. The molecule has 4 heteroatoms. The van der Waals surface area contributed by atoms with E-state index in [1.807, 2.05) is 42.5 Å². The summed E-state index contributed by atoms with van der Waals surface area (Å²) in [7, 11) is 0. The maximum absolute atomic E-state index is 12.1. The van der Waals surface area contributed by atoms with E-state index in [1.165, 1.54) is 5.56 Å². The summed E-state index contributed by atoms with van der Waals surface area (Å²) in [5, 5.41) is 2.91. The van der Waals surface area contributed by atoms with Crippen LogP contribution in [0.4, 0.5) is 5.69 Å². The number of hydrogen-bond donors (Lipinski definition) is 2. The van der Waals surface area contributed by atoms with E-state index in [-0.39, 0.29) is 5.91 Å². The van der Waals surface area contributed by atoms with Gasteiger partial charge in [-0.3, -0.25) is 4.79 Å². The molecule has 1 aliphatic rings. The van der Waals surface area contributed by atoms with Crippen molar-refractivity contribution in [1.82, 2.24) is 5.32 Å². The molecular weight excluding hydrogens is 252 g/mol. The SMILES string of the molecule is Nc1ccc(CNC(=O)c2ccc3c(c2)COC3)cc1. The number of nitrogens with two attached hydrogens (primary N) is 1. The molecule has 2 aromatic carbocycles. The largest absolute Gasteiger partial charge is 0.399 e. The van der Waals surface area contributed by atoms with Crippen LogP contribution in [0.25, 0.3) is 0 Å². The van der Waals surface area contributed by atoms with E-state index in [2.05, 4.69) is 5.32 Å². The van der Waals surface area contributed by atoms with Gasteiger partial charge in [-0.15, -0.1) is 0 Å². The quantitative estimate of drug-likeness (QED) is 0.839. The molecule has 0 aliphatic carbocycles. The predicted octanol–water partition coefficient (Wildman–Crippen LogP) is 2.23. The van der Waals surface area contributed by atoms with Crippen LogP contribution in [0.2, 0.25) is 0 Å². The number of nitrogen functional groups attached to an aromatic ring is 1. The Morgan fingerprint density at radius 2 is 1.85 bits per heavy atom. The molecule has 0 saturated heterocycles. The molecule has 0 unspecified atom stereocenters. The molecule has 3 rings (SSSR count). The summed E-state index contributed by atoms with van der Waals surface area (Å²) in [4.78, 5) is 12.1. The second kappa shape index (κ2) is 5.35. The van der Waals surface area contributed by atoms with Crippen LogP contribution in [0.3, 0.4) is 0 Å². The number of benzene rings is 2. The lowest BCUT2D eigenvalue weighted by Gasteiger charge is -2.07. The van der Waals surface area contributed by atoms with Gasteiger partial charge in [0.1, 0.15) is 0 Å². The van der Waals surface area contributed by atoms with E-state index in [4.69, 9.17) is 10.5 Å². The van der Waals surface area contributed by atoms with Gasteiger partial charge in [0.05, 0.1) is 13.2 Å². The topological polar surface area (TPSA) is 64.3 Å². The van der Waals surface area contributed by atoms with E-state index in [9.17, 15) is 4.79 Å². The van der Waals surface area contributed by atoms with Crippen LogP contribution in [-0.4, -0.2) is 5.91 Å². The summed E-state index contributed by atoms with van der Waals surface area (Å²) in [6.07, 6.45) is 0. The fourth-order valence-corrected chi connectivity index (χ4v) is 2.23. The number of hydrogen-bond acceptors (Lipinski definition) is 3. The Hall–Kier alpha value is -2.33. The third kappa shape index (κ3) is 2.65. The van der Waals surface area contributed by atoms with Gasteiger partial charge in [-0.25, -0.2) is 0 Å². The first-order chi connectivity index (χ1) is 9.72. The number of anilines is 1. The van der Waals surface area contributed by atoms with Gasteiger partial charge in [0.15, 0.2) is 0 Å². The number of carbonyl (C=O) groups is 1. The molecule has 0 bridgehead atoms. The first-order valence-corrected chi connectivity index (χ1v) is 6.54. The van der Waals surface area contributed by atoms with Crippen molar-refractivity contribution >= 4 is 11.6 Å². The Labute approximate surface area is 117 Å². The van der Waals surface area contributed by atoms with Crippen LogP contribution in [0.1, 0.15) is 27.0 Å². The van der Waals surface area contributed by atoms with E-state index in [1.54, 1.807) is 0 Å². The summed E-state index contributed by atoms with van der Waals surface area (Å²) in [6.45, 7) is 1.73. The highest BCUT2D eigenvalue weighted by Crippen LogP contribution is 2.20. The third-order valence-corrected chi connectivity index (χ3v) is 3.42. The van der Waals surface area contributed by atoms with Gasteiger partial charge < -0.3 is 15.8 Å². The van der Waals surface area contributed by atoms with Crippen LogP contribution >= 0.6 is 0 Å². The summed E-state index contributed by atoms with van der Waals surface area (Å²) in [6, 6.07) is 13.2. The average molecular weight is 268 g/mol. The van der Waals surface area contributed by atoms with Crippen LogP contribution in [-0.2, 0) is 24.5 Å². The Balaban J connectivity index is 1.66. The lowest BCUT2D eigenvalue weighted by Crippen LogP contribution is -2.22. The average Bonchev–Trinajstić information content (AvgIpc) is 2.93. The van der Waals surface area contributed by atoms with Gasteiger partial charge >= 0.3 is 0 Å². The number of carbonyl (C=O) groups excluding carboxylic acids is 1. The van der Waals surface area contributed by atoms with Crippen molar-refractivity contribution in [2.75, 3.05) is 5.73 Å². The molecule has 0 spiro atoms. The lowest BCUT2D eigenvalue weighted by molar-refractivity contribution is 0.0950. The van der Waals surface area contributed by atoms with E-state index >= 15 is 0 Å². The summed E-state index contributed by atoms with van der Waals surface area (Å²) < 4.78 is 5.35. The van der Waals surface area contributed by atoms with Crippen molar-refractivity contribution < 1.29 is 9.53 Å². The minimum Gasteiger partial charge on any atom is -0.399 e. The minimum atomic E-state index is -0.0727. The van der Waals surface area contributed by atoms with Crippen molar-refractivity contribution in [2.45, 2.75) is 19.8 Å². The molecule has 0 radical (unpaired) electrons. The molecule has 0 fully saturated rings. The Morgan fingerprint density at radius 3 is 2.65 bits per heavy atom. The molecule has 20 heavy (non-hydrogen) atoms. The van der Waals surface area contributed by atoms with Crippen LogP contribution < -0.4 is 11.1 Å². The van der Waals surface area contributed by atoms with Gasteiger partial charge in [-0.05, 0) is 41.0 Å². The maximum atomic E-state index is 12.1. The molecule has 0 atom stereocenters. The fourth-order valence-electron chi connectivity index (χ4n) is 2.23. The zero-order chi connectivity index (χ0) is 13.9. The van der Waals surface area contributed by atoms with Crippen molar-refractivity contribution in [3.63, 3.8) is 0 Å². The molecule has 2 aromatic rings. The molecule has 4 nitrogen and oxygen atoms in total. The highest BCUT2D eigenvalue weighted by atomic mass is 16.5. The second-order valence-corrected chi connectivity index (χ2v) is 4.90. The summed E-state index contributed by atoms with van der Waals surface area (Å²) in [5.41, 5.74) is 10.3. The van der Waals surface area contributed by atoms with Crippen LogP contribution in [0, 0.1) is 0 Å². The highest BCUT2D eigenvalue weighted by Gasteiger charge is 2.14. The molecule has 1 amide bonds. The van der Waals surface area contributed by atoms with E-state index in [0.717, 1.165) is 16.8 Å². The molecule has 0 saturated carbocycles. The number of nitrogens with one attached hydrogen (secondary N) is 1. The minimum absolute atomic E-state index is 0.0727. The van der Waals surface area contributed by atoms with Gasteiger partial charge in [-0.1, -0.05) is 18.2 Å². The maximum Gasteiger partial charge on any atom is 0.251 e. The third-order valence-electron chi connectivity index (χ3n) is 3.42. The first-order valence-electron chi connectivity index (χ1n) is 6.54. The number of amides is 1. The van der Waals surface area contributed by atoms with Gasteiger partial charge in [-0.2, -0.15) is 0 Å². The first kappa shape index (κ1) is 12.7. The van der Waals surface area contributed by atoms with Gasteiger partial charge in [0.25, 0.3) is 5.91 Å². The van der Waals surface area contributed by atoms with Crippen LogP contribution in [0.15, 0.2) is 42.5 Å². The Bertz CT molecular complexity index is 635. The second-order valence-electron chi connectivity index (χ2n) is 4.90.